The Morgan fingerprint density at radius 2 is 1.85 bits per heavy atom. The number of hydrogen-bond acceptors (Lipinski definition) is 6. The van der Waals surface area contributed by atoms with E-state index in [1.54, 1.807) is 0 Å². The summed E-state index contributed by atoms with van der Waals surface area (Å²) < 4.78 is 5.18. The highest BCUT2D eigenvalue weighted by atomic mass is 16.5. The number of amidine groups is 1. The molecule has 0 saturated heterocycles. The highest BCUT2D eigenvalue weighted by Crippen LogP contribution is 2.22. The van der Waals surface area contributed by atoms with Crippen LogP contribution in [-0.4, -0.2) is 28.6 Å². The third-order valence-electron chi connectivity index (χ3n) is 4.84. The van der Waals surface area contributed by atoms with E-state index in [1.165, 1.54) is 11.1 Å². The lowest BCUT2D eigenvalue weighted by Gasteiger charge is -2.12. The van der Waals surface area contributed by atoms with Gasteiger partial charge in [-0.25, -0.2) is 15.0 Å². The van der Waals surface area contributed by atoms with Gasteiger partial charge in [0.15, 0.2) is 0 Å². The summed E-state index contributed by atoms with van der Waals surface area (Å²) in [7, 11) is 0. The number of nitrogens with one attached hydrogen (secondary N) is 1. The number of hydrogen-bond donors (Lipinski definition) is 2. The number of nitrogens with zero attached hydrogens (tertiary/aromatic N) is 3. The average molecular weight is 353 g/mol. The molecule has 0 radical (unpaired) electrons. The van der Waals surface area contributed by atoms with Crippen LogP contribution < -0.4 is 11.1 Å². The molecule has 1 aromatic heterocycles. The minimum absolute atomic E-state index is 0.176. The van der Waals surface area contributed by atoms with Crippen molar-refractivity contribution in [3.05, 3.63) is 47.8 Å². The molecule has 0 unspecified atom stereocenters. The lowest BCUT2D eigenvalue weighted by atomic mass is 9.97. The Balaban J connectivity index is 1.54. The van der Waals surface area contributed by atoms with Crippen molar-refractivity contribution in [2.24, 2.45) is 10.7 Å². The number of benzene rings is 1. The average Bonchev–Trinajstić information content (AvgIpc) is 3.09. The monoisotopic (exact) mass is 353 g/mol. The molecule has 2 heterocycles. The van der Waals surface area contributed by atoms with E-state index >= 15 is 0 Å². The first-order chi connectivity index (χ1) is 12.7. The van der Waals surface area contributed by atoms with Crippen LogP contribution >= 0.6 is 0 Å². The maximum atomic E-state index is 5.54. The van der Waals surface area contributed by atoms with Crippen LogP contribution in [0.4, 0.5) is 11.6 Å². The molecule has 0 aliphatic carbocycles. The number of ether oxygens (including phenoxy) is 1. The molecule has 6 nitrogen and oxygen atoms in total. The van der Waals surface area contributed by atoms with Crippen LogP contribution in [0.1, 0.15) is 50.2 Å². The lowest BCUT2D eigenvalue weighted by molar-refractivity contribution is 0.308. The van der Waals surface area contributed by atoms with Crippen molar-refractivity contribution in [1.29, 1.82) is 0 Å². The van der Waals surface area contributed by atoms with Crippen molar-refractivity contribution in [3.8, 4) is 0 Å². The zero-order valence-corrected chi connectivity index (χ0v) is 15.5. The molecule has 1 aliphatic heterocycles. The van der Waals surface area contributed by atoms with E-state index in [0.717, 1.165) is 31.4 Å². The SMILES string of the molecule is CCC(CC)c1cnc(Nc2ccc(CC[C@H]3COC(N)=N3)cc2)nc1. The fourth-order valence-electron chi connectivity index (χ4n) is 3.17. The normalized spacial score (nSPS) is 16.4. The van der Waals surface area contributed by atoms with Gasteiger partial charge in [-0.05, 0) is 54.9 Å². The third kappa shape index (κ3) is 4.71. The molecule has 138 valence electrons. The predicted octanol–water partition coefficient (Wildman–Crippen LogP) is 3.77. The van der Waals surface area contributed by atoms with E-state index < -0.39 is 0 Å². The Kier molecular flexibility index (Phi) is 6.04. The van der Waals surface area contributed by atoms with Gasteiger partial charge in [0.25, 0.3) is 6.02 Å². The molecule has 0 saturated carbocycles. The van der Waals surface area contributed by atoms with Gasteiger partial charge in [0.1, 0.15) is 6.61 Å². The topological polar surface area (TPSA) is 85.4 Å². The van der Waals surface area contributed by atoms with Gasteiger partial charge in [-0.3, -0.25) is 0 Å². The van der Waals surface area contributed by atoms with E-state index in [4.69, 9.17) is 10.5 Å². The quantitative estimate of drug-likeness (QED) is 0.754. The molecule has 0 amide bonds. The van der Waals surface area contributed by atoms with Gasteiger partial charge in [-0.2, -0.15) is 0 Å². The number of aliphatic imine (C=N–C) groups is 1. The zero-order valence-electron chi connectivity index (χ0n) is 15.5. The Morgan fingerprint density at radius 1 is 1.15 bits per heavy atom. The molecule has 1 atom stereocenters. The van der Waals surface area contributed by atoms with Crippen LogP contribution in [0.5, 0.6) is 0 Å². The van der Waals surface area contributed by atoms with Crippen molar-refractivity contribution in [3.63, 3.8) is 0 Å². The van der Waals surface area contributed by atoms with E-state index in [1.807, 2.05) is 12.4 Å². The Hall–Kier alpha value is -2.63. The van der Waals surface area contributed by atoms with Crippen LogP contribution in [0, 0.1) is 0 Å². The van der Waals surface area contributed by atoms with Crippen LogP contribution in [0.3, 0.4) is 0 Å². The van der Waals surface area contributed by atoms with Crippen LogP contribution in [0.25, 0.3) is 0 Å². The molecule has 2 aromatic rings. The molecular formula is C20H27N5O. The third-order valence-corrected chi connectivity index (χ3v) is 4.84. The molecule has 0 spiro atoms. The highest BCUT2D eigenvalue weighted by molar-refractivity contribution is 5.73. The van der Waals surface area contributed by atoms with E-state index in [-0.39, 0.29) is 6.04 Å². The number of rotatable bonds is 8. The summed E-state index contributed by atoms with van der Waals surface area (Å²) in [5.41, 5.74) is 8.99. The van der Waals surface area contributed by atoms with Gasteiger partial charge < -0.3 is 15.8 Å². The minimum Gasteiger partial charge on any atom is -0.463 e. The van der Waals surface area contributed by atoms with Gasteiger partial charge in [0, 0.05) is 18.1 Å². The first-order valence-corrected chi connectivity index (χ1v) is 9.32. The van der Waals surface area contributed by atoms with E-state index in [2.05, 4.69) is 58.4 Å². The summed E-state index contributed by atoms with van der Waals surface area (Å²) >= 11 is 0. The summed E-state index contributed by atoms with van der Waals surface area (Å²) in [6.07, 6.45) is 7.96. The van der Waals surface area contributed by atoms with Gasteiger partial charge >= 0.3 is 0 Å². The summed E-state index contributed by atoms with van der Waals surface area (Å²) in [5.74, 6) is 1.16. The van der Waals surface area contributed by atoms with Gasteiger partial charge in [-0.1, -0.05) is 26.0 Å². The summed E-state index contributed by atoms with van der Waals surface area (Å²) in [6.45, 7) is 4.99. The zero-order chi connectivity index (χ0) is 18.4. The van der Waals surface area contributed by atoms with Crippen molar-refractivity contribution in [1.82, 2.24) is 9.97 Å². The molecule has 1 aliphatic rings. The van der Waals surface area contributed by atoms with Gasteiger partial charge in [-0.15, -0.1) is 0 Å². The van der Waals surface area contributed by atoms with Crippen molar-refractivity contribution >= 4 is 17.7 Å². The van der Waals surface area contributed by atoms with Gasteiger partial charge in [0.2, 0.25) is 5.95 Å². The first-order valence-electron chi connectivity index (χ1n) is 9.32. The molecule has 0 fully saturated rings. The smallest absolute Gasteiger partial charge is 0.282 e. The fraction of sp³-hybridized carbons (Fsp3) is 0.450. The number of aryl methyl sites for hydroxylation is 1. The fourth-order valence-corrected chi connectivity index (χ4v) is 3.17. The maximum Gasteiger partial charge on any atom is 0.282 e. The standard InChI is InChI=1S/C20H27N5O/c1-3-15(4-2)16-11-22-20(23-12-16)25-17-8-5-14(6-9-17)7-10-18-13-26-19(21)24-18/h5-6,8-9,11-12,15,18H,3-4,7,10,13H2,1-2H3,(H2,21,24)(H,22,23,25)/t18-/m0/s1. The Morgan fingerprint density at radius 3 is 2.42 bits per heavy atom. The molecule has 6 heteroatoms. The Bertz CT molecular complexity index is 723. The first kappa shape index (κ1) is 18.2. The summed E-state index contributed by atoms with van der Waals surface area (Å²) in [4.78, 5) is 13.1. The van der Waals surface area contributed by atoms with Crippen LogP contribution in [-0.2, 0) is 11.2 Å². The van der Waals surface area contributed by atoms with Crippen molar-refractivity contribution < 1.29 is 4.74 Å². The van der Waals surface area contributed by atoms with Crippen LogP contribution in [0.15, 0.2) is 41.7 Å². The van der Waals surface area contributed by atoms with Crippen molar-refractivity contribution in [2.75, 3.05) is 11.9 Å². The molecule has 3 rings (SSSR count). The number of nitrogens with two attached hydrogens (primary N) is 1. The molecule has 0 bridgehead atoms. The second-order valence-corrected chi connectivity index (χ2v) is 6.65. The number of aromatic nitrogens is 2. The minimum atomic E-state index is 0.176. The largest absolute Gasteiger partial charge is 0.463 e. The number of anilines is 2. The summed E-state index contributed by atoms with van der Waals surface area (Å²) in [5, 5.41) is 3.26. The molecule has 26 heavy (non-hydrogen) atoms. The summed E-state index contributed by atoms with van der Waals surface area (Å²) in [6, 6.07) is 8.82. The molecule has 3 N–H and O–H groups in total. The second kappa shape index (κ2) is 8.65. The molecular weight excluding hydrogens is 326 g/mol. The van der Waals surface area contributed by atoms with Gasteiger partial charge in [0.05, 0.1) is 6.04 Å². The highest BCUT2D eigenvalue weighted by Gasteiger charge is 2.16. The predicted molar refractivity (Wildman–Crippen MR) is 105 cm³/mol. The second-order valence-electron chi connectivity index (χ2n) is 6.65. The van der Waals surface area contributed by atoms with Crippen molar-refractivity contribution in [2.45, 2.75) is 51.5 Å². The van der Waals surface area contributed by atoms with Crippen LogP contribution in [0.2, 0.25) is 0 Å². The molecule has 1 aromatic carbocycles. The van der Waals surface area contributed by atoms with E-state index in [9.17, 15) is 0 Å². The van der Waals surface area contributed by atoms with E-state index in [0.29, 0.717) is 24.5 Å². The lowest BCUT2D eigenvalue weighted by Crippen LogP contribution is -2.10. The Labute approximate surface area is 154 Å². The maximum absolute atomic E-state index is 5.54.